The highest BCUT2D eigenvalue weighted by atomic mass is 16.5. The van der Waals surface area contributed by atoms with E-state index in [2.05, 4.69) is 10.6 Å². The zero-order valence-electron chi connectivity index (χ0n) is 11.8. The lowest BCUT2D eigenvalue weighted by Crippen LogP contribution is -2.38. The Kier molecular flexibility index (Phi) is 10.9. The van der Waals surface area contributed by atoms with E-state index in [4.69, 9.17) is 10.5 Å². The number of carbonyl (C=O) groups excluding carboxylic acids is 1. The molecule has 0 aromatic heterocycles. The second-order valence-corrected chi connectivity index (χ2v) is 4.76. The number of aliphatic hydroxyl groups excluding tert-OH is 2. The number of hydrogen-bond donors (Lipinski definition) is 5. The normalized spacial score (nSPS) is 14.6. The maximum absolute atomic E-state index is 11.3. The fourth-order valence-corrected chi connectivity index (χ4v) is 1.20. The summed E-state index contributed by atoms with van der Waals surface area (Å²) in [7, 11) is 0. The Morgan fingerprint density at radius 2 is 1.84 bits per heavy atom. The lowest BCUT2D eigenvalue weighted by atomic mass is 10.1. The lowest BCUT2D eigenvalue weighted by Gasteiger charge is -2.14. The lowest BCUT2D eigenvalue weighted by molar-refractivity contribution is -0.121. The zero-order valence-corrected chi connectivity index (χ0v) is 11.8. The summed E-state index contributed by atoms with van der Waals surface area (Å²) in [5.74, 6) is 0.137. The van der Waals surface area contributed by atoms with Crippen molar-refractivity contribution in [3.63, 3.8) is 0 Å². The van der Waals surface area contributed by atoms with Crippen molar-refractivity contribution in [3.05, 3.63) is 0 Å². The van der Waals surface area contributed by atoms with Gasteiger partial charge in [0, 0.05) is 25.6 Å². The first kappa shape index (κ1) is 18.4. The Hall–Kier alpha value is -0.570. The van der Waals surface area contributed by atoms with Crippen molar-refractivity contribution in [2.75, 3.05) is 39.5 Å². The highest BCUT2D eigenvalue weighted by Crippen LogP contribution is 1.91. The topological polar surface area (TPSA) is 117 Å². The van der Waals surface area contributed by atoms with Crippen LogP contribution in [0.25, 0.3) is 0 Å². The third kappa shape index (κ3) is 11.0. The third-order valence-electron chi connectivity index (χ3n) is 2.49. The van der Waals surface area contributed by atoms with Gasteiger partial charge in [0.2, 0.25) is 0 Å². The number of nitrogens with one attached hydrogen (secondary N) is 2. The van der Waals surface area contributed by atoms with Gasteiger partial charge < -0.3 is 26.0 Å². The van der Waals surface area contributed by atoms with Crippen LogP contribution >= 0.6 is 0 Å². The molecule has 0 heterocycles. The van der Waals surface area contributed by atoms with Crippen LogP contribution in [0.1, 0.15) is 13.8 Å². The molecule has 0 radical (unpaired) electrons. The number of ether oxygens (including phenoxy) is 1. The van der Waals surface area contributed by atoms with E-state index in [1.54, 1.807) is 0 Å². The molecule has 7 nitrogen and oxygen atoms in total. The predicted octanol–water partition coefficient (Wildman–Crippen LogP) is -1.95. The van der Waals surface area contributed by atoms with Crippen LogP contribution in [-0.4, -0.2) is 67.7 Å². The monoisotopic (exact) mass is 277 g/mol. The first-order valence-electron chi connectivity index (χ1n) is 6.55. The van der Waals surface area contributed by atoms with Crippen molar-refractivity contribution in [2.45, 2.75) is 26.1 Å². The van der Waals surface area contributed by atoms with Crippen molar-refractivity contribution in [1.29, 1.82) is 0 Å². The molecule has 0 aliphatic heterocycles. The molecule has 0 aromatic carbocycles. The summed E-state index contributed by atoms with van der Waals surface area (Å²) in [5, 5.41) is 24.4. The Labute approximate surface area is 114 Å². The molecule has 19 heavy (non-hydrogen) atoms. The molecule has 0 rings (SSSR count). The molecule has 0 aromatic rings. The number of carbonyl (C=O) groups is 1. The van der Waals surface area contributed by atoms with Gasteiger partial charge in [0.15, 0.2) is 0 Å². The summed E-state index contributed by atoms with van der Waals surface area (Å²) >= 11 is 0. The van der Waals surface area contributed by atoms with E-state index in [-0.39, 0.29) is 38.1 Å². The van der Waals surface area contributed by atoms with Gasteiger partial charge in [-0.1, -0.05) is 13.8 Å². The molecule has 0 aliphatic carbocycles. The minimum atomic E-state index is -0.660. The van der Waals surface area contributed by atoms with Crippen molar-refractivity contribution in [3.8, 4) is 0 Å². The van der Waals surface area contributed by atoms with Crippen LogP contribution in [0.3, 0.4) is 0 Å². The molecular formula is C12H27N3O4. The van der Waals surface area contributed by atoms with Crippen molar-refractivity contribution >= 4 is 5.78 Å². The molecule has 0 spiro atoms. The highest BCUT2D eigenvalue weighted by Gasteiger charge is 2.07. The quantitative estimate of drug-likeness (QED) is 0.208. The number of hydrogen-bond acceptors (Lipinski definition) is 7. The van der Waals surface area contributed by atoms with Gasteiger partial charge in [-0.2, -0.15) is 0 Å². The first-order valence-corrected chi connectivity index (χ1v) is 6.55. The molecule has 0 fully saturated rings. The predicted molar refractivity (Wildman–Crippen MR) is 72.6 cm³/mol. The molecule has 0 amide bonds. The van der Waals surface area contributed by atoms with Gasteiger partial charge in [0.05, 0.1) is 32.1 Å². The van der Waals surface area contributed by atoms with Gasteiger partial charge in [0.1, 0.15) is 5.78 Å². The molecule has 0 saturated heterocycles. The van der Waals surface area contributed by atoms with E-state index in [1.807, 2.05) is 13.8 Å². The van der Waals surface area contributed by atoms with Crippen LogP contribution in [0.15, 0.2) is 0 Å². The molecular weight excluding hydrogens is 250 g/mol. The molecule has 7 heteroatoms. The second kappa shape index (κ2) is 11.3. The number of rotatable bonds is 12. The molecule has 6 N–H and O–H groups in total. The van der Waals surface area contributed by atoms with Gasteiger partial charge in [-0.25, -0.2) is 0 Å². The maximum Gasteiger partial charge on any atom is 0.149 e. The van der Waals surface area contributed by atoms with E-state index in [1.165, 1.54) is 0 Å². The number of ketones is 1. The van der Waals surface area contributed by atoms with E-state index in [0.29, 0.717) is 13.1 Å². The second-order valence-electron chi connectivity index (χ2n) is 4.76. The SMILES string of the molecule is CC(C)C(=O)CNCOCC(O)CNCC(O)CN. The van der Waals surface area contributed by atoms with Crippen molar-refractivity contribution in [1.82, 2.24) is 10.6 Å². The molecule has 2 unspecified atom stereocenters. The van der Waals surface area contributed by atoms with Crippen LogP contribution in [0.2, 0.25) is 0 Å². The molecule has 0 saturated carbocycles. The van der Waals surface area contributed by atoms with E-state index in [0.717, 1.165) is 0 Å². The maximum atomic E-state index is 11.3. The number of Topliss-reactive ketones (excluding diaryl/α,β-unsaturated/α-hetero) is 1. The Morgan fingerprint density at radius 3 is 2.42 bits per heavy atom. The van der Waals surface area contributed by atoms with Gasteiger partial charge in [-0.15, -0.1) is 0 Å². The smallest absolute Gasteiger partial charge is 0.149 e. The summed E-state index contributed by atoms with van der Waals surface area (Å²) in [4.78, 5) is 11.3. The van der Waals surface area contributed by atoms with E-state index >= 15 is 0 Å². The average molecular weight is 277 g/mol. The summed E-state index contributed by atoms with van der Waals surface area (Å²) < 4.78 is 5.17. The van der Waals surface area contributed by atoms with Crippen molar-refractivity contribution < 1.29 is 19.7 Å². The number of nitrogens with two attached hydrogens (primary N) is 1. The summed E-state index contributed by atoms with van der Waals surface area (Å²) in [5.41, 5.74) is 5.24. The molecule has 0 bridgehead atoms. The largest absolute Gasteiger partial charge is 0.390 e. The molecule has 0 aliphatic rings. The van der Waals surface area contributed by atoms with Crippen LogP contribution in [-0.2, 0) is 9.53 Å². The molecule has 2 atom stereocenters. The summed E-state index contributed by atoms with van der Waals surface area (Å²) in [6, 6.07) is 0. The van der Waals surface area contributed by atoms with E-state index in [9.17, 15) is 15.0 Å². The standard InChI is InChI=1S/C12H27N3O4/c1-9(2)12(18)6-15-8-19-7-11(17)5-14-4-10(16)3-13/h9-11,14-17H,3-8,13H2,1-2H3. The van der Waals surface area contributed by atoms with Crippen LogP contribution < -0.4 is 16.4 Å². The summed E-state index contributed by atoms with van der Waals surface area (Å²) in [6.45, 7) is 5.19. The Balaban J connectivity index is 3.38. The Morgan fingerprint density at radius 1 is 1.21 bits per heavy atom. The van der Waals surface area contributed by atoms with Gasteiger partial charge in [-0.3, -0.25) is 10.1 Å². The van der Waals surface area contributed by atoms with E-state index < -0.39 is 12.2 Å². The van der Waals surface area contributed by atoms with Gasteiger partial charge >= 0.3 is 0 Å². The minimum absolute atomic E-state index is 0.0104. The number of aliphatic hydroxyl groups is 2. The first-order chi connectivity index (χ1) is 8.97. The average Bonchev–Trinajstić information content (AvgIpc) is 2.37. The fraction of sp³-hybridized carbons (Fsp3) is 0.917. The van der Waals surface area contributed by atoms with Gasteiger partial charge in [-0.05, 0) is 0 Å². The molecule has 114 valence electrons. The zero-order chi connectivity index (χ0) is 14.7. The fourth-order valence-electron chi connectivity index (χ4n) is 1.20. The van der Waals surface area contributed by atoms with Crippen LogP contribution in [0.4, 0.5) is 0 Å². The van der Waals surface area contributed by atoms with Gasteiger partial charge in [0.25, 0.3) is 0 Å². The third-order valence-corrected chi connectivity index (χ3v) is 2.49. The highest BCUT2D eigenvalue weighted by molar-refractivity contribution is 5.82. The van der Waals surface area contributed by atoms with Crippen LogP contribution in [0, 0.1) is 5.92 Å². The van der Waals surface area contributed by atoms with Crippen LogP contribution in [0.5, 0.6) is 0 Å². The van der Waals surface area contributed by atoms with Crippen molar-refractivity contribution in [2.24, 2.45) is 11.7 Å². The minimum Gasteiger partial charge on any atom is -0.390 e. The Bertz CT molecular complexity index is 239. The summed E-state index contributed by atoms with van der Waals surface area (Å²) in [6.07, 6.45) is -1.26.